The van der Waals surface area contributed by atoms with Crippen molar-refractivity contribution in [1.82, 2.24) is 4.98 Å². The molecule has 1 saturated carbocycles. The smallest absolute Gasteiger partial charge is 0.162 e. The third-order valence-electron chi connectivity index (χ3n) is 4.56. The van der Waals surface area contributed by atoms with Crippen LogP contribution < -0.4 is 5.32 Å². The Labute approximate surface area is 146 Å². The Morgan fingerprint density at radius 3 is 2.54 bits per heavy atom. The number of pyridine rings is 1. The molecule has 0 bridgehead atoms. The normalized spacial score (nSPS) is 15.8. The molecule has 24 heavy (non-hydrogen) atoms. The molecule has 1 aromatic carbocycles. The van der Waals surface area contributed by atoms with Crippen molar-refractivity contribution in [1.29, 1.82) is 0 Å². The molecule has 0 radical (unpaired) electrons. The van der Waals surface area contributed by atoms with Crippen molar-refractivity contribution in [2.24, 2.45) is 0 Å². The highest BCUT2D eigenvalue weighted by atomic mass is 35.5. The molecule has 1 heterocycles. The number of nitrogens with one attached hydrogen (secondary N) is 1. The van der Waals surface area contributed by atoms with Gasteiger partial charge >= 0.3 is 0 Å². The van der Waals surface area contributed by atoms with Crippen molar-refractivity contribution < 1.29 is 9.90 Å². The Kier molecular flexibility index (Phi) is 4.37. The highest BCUT2D eigenvalue weighted by Gasteiger charge is 2.50. The second kappa shape index (κ2) is 6.19. The van der Waals surface area contributed by atoms with Gasteiger partial charge in [-0.3, -0.25) is 4.79 Å². The van der Waals surface area contributed by atoms with Crippen LogP contribution in [0.2, 0.25) is 5.02 Å². The van der Waals surface area contributed by atoms with Gasteiger partial charge < -0.3 is 10.4 Å². The van der Waals surface area contributed by atoms with Crippen molar-refractivity contribution >= 4 is 23.2 Å². The number of aliphatic hydroxyl groups is 1. The van der Waals surface area contributed by atoms with Crippen LogP contribution in [0.3, 0.4) is 0 Å². The minimum absolute atomic E-state index is 0.136. The number of aromatic nitrogens is 1. The van der Waals surface area contributed by atoms with E-state index in [1.807, 2.05) is 30.3 Å². The summed E-state index contributed by atoms with van der Waals surface area (Å²) < 4.78 is 0. The highest BCUT2D eigenvalue weighted by Crippen LogP contribution is 2.49. The number of halogens is 1. The van der Waals surface area contributed by atoms with E-state index in [9.17, 15) is 9.90 Å². The number of carbonyl (C=O) groups excluding carboxylic acids is 1. The summed E-state index contributed by atoms with van der Waals surface area (Å²) in [7, 11) is 0. The maximum Gasteiger partial charge on any atom is 0.162 e. The maximum atomic E-state index is 12.8. The van der Waals surface area contributed by atoms with Crippen molar-refractivity contribution in [2.45, 2.75) is 37.7 Å². The molecular formula is C19H21ClN2O2. The van der Waals surface area contributed by atoms with Crippen LogP contribution in [0.4, 0.5) is 5.82 Å². The number of nitrogens with zero attached hydrogens (tertiary/aromatic N) is 1. The zero-order valence-corrected chi connectivity index (χ0v) is 14.6. The van der Waals surface area contributed by atoms with Crippen LogP contribution in [0, 0.1) is 0 Å². The molecule has 0 spiro atoms. The lowest BCUT2D eigenvalue weighted by molar-refractivity contribution is -0.119. The SMILES string of the molecule is CC(C)(O)c1cccnc1NCC(=O)C1(c2ccc(Cl)cc2)CC1. The predicted octanol–water partition coefficient (Wildman–Crippen LogP) is 3.68. The van der Waals surface area contributed by atoms with Crippen molar-refractivity contribution in [3.8, 4) is 0 Å². The van der Waals surface area contributed by atoms with E-state index in [0.717, 1.165) is 18.4 Å². The molecule has 0 unspecified atom stereocenters. The molecule has 1 fully saturated rings. The van der Waals surface area contributed by atoms with Crippen LogP contribution in [-0.4, -0.2) is 22.4 Å². The summed E-state index contributed by atoms with van der Waals surface area (Å²) in [5.41, 5.74) is 0.269. The molecular weight excluding hydrogens is 324 g/mol. The fourth-order valence-corrected chi connectivity index (χ4v) is 3.12. The molecule has 1 aromatic heterocycles. The molecule has 2 aromatic rings. The third-order valence-corrected chi connectivity index (χ3v) is 4.82. The Balaban J connectivity index is 1.74. The number of hydrogen-bond donors (Lipinski definition) is 2. The van der Waals surface area contributed by atoms with Gasteiger partial charge in [-0.05, 0) is 50.5 Å². The van der Waals surface area contributed by atoms with Gasteiger partial charge in [0, 0.05) is 16.8 Å². The number of Topliss-reactive ketones (excluding diaryl/α,β-unsaturated/α-hetero) is 1. The van der Waals surface area contributed by atoms with Gasteiger partial charge in [0.1, 0.15) is 5.82 Å². The number of carbonyl (C=O) groups is 1. The monoisotopic (exact) mass is 344 g/mol. The lowest BCUT2D eigenvalue weighted by atomic mass is 9.91. The maximum absolute atomic E-state index is 12.8. The van der Waals surface area contributed by atoms with Crippen LogP contribution in [0.1, 0.15) is 37.8 Å². The fourth-order valence-electron chi connectivity index (χ4n) is 3.00. The lowest BCUT2D eigenvalue weighted by Gasteiger charge is -2.22. The molecule has 5 heteroatoms. The first-order valence-electron chi connectivity index (χ1n) is 8.04. The molecule has 3 rings (SSSR count). The Bertz CT molecular complexity index is 747. The summed E-state index contributed by atoms with van der Waals surface area (Å²) in [6.07, 6.45) is 3.36. The number of ketones is 1. The highest BCUT2D eigenvalue weighted by molar-refractivity contribution is 6.30. The zero-order chi connectivity index (χ0) is 17.4. The van der Waals surface area contributed by atoms with Crippen molar-refractivity contribution in [3.05, 3.63) is 58.7 Å². The Hall–Kier alpha value is -1.91. The molecule has 0 atom stereocenters. The average Bonchev–Trinajstić information content (AvgIpc) is 3.34. The average molecular weight is 345 g/mol. The van der Waals surface area contributed by atoms with Gasteiger partial charge in [-0.1, -0.05) is 29.8 Å². The molecule has 0 amide bonds. The first-order valence-corrected chi connectivity index (χ1v) is 8.42. The van der Waals surface area contributed by atoms with E-state index in [-0.39, 0.29) is 12.3 Å². The molecule has 0 saturated heterocycles. The molecule has 4 nitrogen and oxygen atoms in total. The summed E-state index contributed by atoms with van der Waals surface area (Å²) in [4.78, 5) is 17.0. The molecule has 126 valence electrons. The molecule has 1 aliphatic carbocycles. The minimum atomic E-state index is -1.02. The van der Waals surface area contributed by atoms with E-state index in [4.69, 9.17) is 11.6 Å². The van der Waals surface area contributed by atoms with Crippen LogP contribution >= 0.6 is 11.6 Å². The van der Waals surface area contributed by atoms with Crippen LogP contribution in [-0.2, 0) is 15.8 Å². The second-order valence-electron chi connectivity index (χ2n) is 6.82. The van der Waals surface area contributed by atoms with Gasteiger partial charge in [0.05, 0.1) is 17.6 Å². The Morgan fingerprint density at radius 1 is 1.29 bits per heavy atom. The summed E-state index contributed by atoms with van der Waals surface area (Å²) in [5, 5.41) is 14.0. The molecule has 2 N–H and O–H groups in total. The van der Waals surface area contributed by atoms with E-state index in [0.29, 0.717) is 16.4 Å². The van der Waals surface area contributed by atoms with Gasteiger partial charge in [-0.2, -0.15) is 0 Å². The molecule has 0 aliphatic heterocycles. The van der Waals surface area contributed by atoms with Gasteiger partial charge in [-0.25, -0.2) is 4.98 Å². The summed E-state index contributed by atoms with van der Waals surface area (Å²) in [5.74, 6) is 0.683. The van der Waals surface area contributed by atoms with Crippen LogP contribution in [0.5, 0.6) is 0 Å². The number of rotatable bonds is 6. The van der Waals surface area contributed by atoms with Gasteiger partial charge in [-0.15, -0.1) is 0 Å². The number of anilines is 1. The number of hydrogen-bond acceptors (Lipinski definition) is 4. The van der Waals surface area contributed by atoms with Crippen molar-refractivity contribution in [2.75, 3.05) is 11.9 Å². The van der Waals surface area contributed by atoms with Crippen LogP contribution in [0.25, 0.3) is 0 Å². The standard InChI is InChI=1S/C19H21ClN2O2/c1-18(2,24)15-4-3-11-21-17(15)22-12-16(23)19(9-10-19)13-5-7-14(20)8-6-13/h3-8,11,24H,9-10,12H2,1-2H3,(H,21,22). The van der Waals surface area contributed by atoms with E-state index in [1.54, 1.807) is 26.1 Å². The molecule has 1 aliphatic rings. The third kappa shape index (κ3) is 3.30. The Morgan fingerprint density at radius 2 is 1.96 bits per heavy atom. The largest absolute Gasteiger partial charge is 0.386 e. The first kappa shape index (κ1) is 16.9. The van der Waals surface area contributed by atoms with Crippen molar-refractivity contribution in [3.63, 3.8) is 0 Å². The summed E-state index contributed by atoms with van der Waals surface area (Å²) in [6.45, 7) is 3.59. The summed E-state index contributed by atoms with van der Waals surface area (Å²) >= 11 is 5.93. The van der Waals surface area contributed by atoms with Gasteiger partial charge in [0.25, 0.3) is 0 Å². The zero-order valence-electron chi connectivity index (χ0n) is 13.8. The van der Waals surface area contributed by atoms with E-state index in [1.165, 1.54) is 0 Å². The topological polar surface area (TPSA) is 62.2 Å². The first-order chi connectivity index (χ1) is 11.3. The van der Waals surface area contributed by atoms with Crippen LogP contribution in [0.15, 0.2) is 42.6 Å². The fraction of sp³-hybridized carbons (Fsp3) is 0.368. The van der Waals surface area contributed by atoms with Gasteiger partial charge in [0.2, 0.25) is 0 Å². The van der Waals surface area contributed by atoms with E-state index in [2.05, 4.69) is 10.3 Å². The van der Waals surface area contributed by atoms with E-state index < -0.39 is 11.0 Å². The lowest BCUT2D eigenvalue weighted by Crippen LogP contribution is -2.29. The quantitative estimate of drug-likeness (QED) is 0.839. The second-order valence-corrected chi connectivity index (χ2v) is 7.26. The summed E-state index contributed by atoms with van der Waals surface area (Å²) in [6, 6.07) is 11.1. The van der Waals surface area contributed by atoms with E-state index >= 15 is 0 Å². The number of benzene rings is 1. The predicted molar refractivity (Wildman–Crippen MR) is 95.3 cm³/mol. The minimum Gasteiger partial charge on any atom is -0.386 e. The van der Waals surface area contributed by atoms with Gasteiger partial charge in [0.15, 0.2) is 5.78 Å².